The summed E-state index contributed by atoms with van der Waals surface area (Å²) in [5.41, 5.74) is 5.36. The minimum atomic E-state index is -0.149. The zero-order valence-electron chi connectivity index (χ0n) is 15.4. The van der Waals surface area contributed by atoms with E-state index >= 15 is 0 Å². The van der Waals surface area contributed by atoms with E-state index in [2.05, 4.69) is 15.3 Å². The van der Waals surface area contributed by atoms with Gasteiger partial charge in [-0.3, -0.25) is 14.8 Å². The van der Waals surface area contributed by atoms with Gasteiger partial charge in [-0.2, -0.15) is 0 Å². The fourth-order valence-electron chi connectivity index (χ4n) is 3.00. The minimum Gasteiger partial charge on any atom is -0.322 e. The second-order valence-electron chi connectivity index (χ2n) is 6.49. The van der Waals surface area contributed by atoms with Gasteiger partial charge in [0.15, 0.2) is 0 Å². The Balaban J connectivity index is 1.45. The molecule has 3 aromatic heterocycles. The minimum absolute atomic E-state index is 0.149. The zero-order valence-corrected chi connectivity index (χ0v) is 16.2. The van der Waals surface area contributed by atoms with Crippen LogP contribution in [0.4, 0.5) is 5.69 Å². The lowest BCUT2D eigenvalue weighted by molar-refractivity contribution is 0.102. The molecule has 0 saturated carbocycles. The molecule has 0 aliphatic heterocycles. The third-order valence-electron chi connectivity index (χ3n) is 4.47. The molecule has 28 heavy (non-hydrogen) atoms. The number of nitrogens with one attached hydrogen (secondary N) is 1. The van der Waals surface area contributed by atoms with Gasteiger partial charge in [-0.15, -0.1) is 11.3 Å². The summed E-state index contributed by atoms with van der Waals surface area (Å²) in [5, 5.41) is 4.98. The van der Waals surface area contributed by atoms with Crippen LogP contribution in [0.3, 0.4) is 0 Å². The number of hydrogen-bond donors (Lipinski definition) is 1. The number of pyridine rings is 2. The van der Waals surface area contributed by atoms with Crippen molar-refractivity contribution in [3.63, 3.8) is 0 Å². The Morgan fingerprint density at radius 2 is 1.71 bits per heavy atom. The average molecular weight is 385 g/mol. The van der Waals surface area contributed by atoms with Gasteiger partial charge in [0.2, 0.25) is 0 Å². The van der Waals surface area contributed by atoms with Crippen molar-refractivity contribution in [1.29, 1.82) is 0 Å². The first-order chi connectivity index (χ1) is 13.7. The summed E-state index contributed by atoms with van der Waals surface area (Å²) in [7, 11) is 0. The van der Waals surface area contributed by atoms with Gasteiger partial charge in [-0.1, -0.05) is 18.2 Å². The van der Waals surface area contributed by atoms with Crippen LogP contribution in [0.1, 0.15) is 27.2 Å². The molecule has 1 amide bonds. The van der Waals surface area contributed by atoms with Crippen molar-refractivity contribution in [3.05, 3.63) is 101 Å². The van der Waals surface area contributed by atoms with Gasteiger partial charge in [-0.05, 0) is 72.3 Å². The quantitative estimate of drug-likeness (QED) is 0.503. The van der Waals surface area contributed by atoms with Crippen molar-refractivity contribution in [2.75, 3.05) is 5.32 Å². The van der Waals surface area contributed by atoms with Crippen LogP contribution in [-0.4, -0.2) is 15.9 Å². The van der Waals surface area contributed by atoms with Gasteiger partial charge in [0.25, 0.3) is 5.91 Å². The van der Waals surface area contributed by atoms with E-state index in [1.54, 1.807) is 23.7 Å². The molecule has 3 heterocycles. The number of aromatic nitrogens is 2. The topological polar surface area (TPSA) is 54.9 Å². The van der Waals surface area contributed by atoms with E-state index in [0.29, 0.717) is 5.56 Å². The van der Waals surface area contributed by atoms with Crippen molar-refractivity contribution in [2.45, 2.75) is 13.3 Å². The first-order valence-corrected chi connectivity index (χ1v) is 9.88. The lowest BCUT2D eigenvalue weighted by Crippen LogP contribution is -2.14. The van der Waals surface area contributed by atoms with Gasteiger partial charge in [0, 0.05) is 18.1 Å². The molecule has 0 aliphatic carbocycles. The lowest BCUT2D eigenvalue weighted by Gasteiger charge is -2.09. The van der Waals surface area contributed by atoms with Crippen LogP contribution in [0.25, 0.3) is 10.6 Å². The van der Waals surface area contributed by atoms with E-state index in [4.69, 9.17) is 0 Å². The predicted molar refractivity (Wildman–Crippen MR) is 114 cm³/mol. The van der Waals surface area contributed by atoms with Crippen molar-refractivity contribution in [2.24, 2.45) is 0 Å². The molecular weight excluding hydrogens is 366 g/mol. The highest BCUT2D eigenvalue weighted by Crippen LogP contribution is 2.24. The summed E-state index contributed by atoms with van der Waals surface area (Å²) >= 11 is 1.64. The molecule has 0 spiro atoms. The highest BCUT2D eigenvalue weighted by atomic mass is 32.1. The fraction of sp³-hybridized carbons (Fsp3) is 0.0870. The monoisotopic (exact) mass is 385 g/mol. The molecule has 0 saturated heterocycles. The highest BCUT2D eigenvalue weighted by molar-refractivity contribution is 7.13. The molecule has 1 aromatic carbocycles. The zero-order chi connectivity index (χ0) is 19.3. The summed E-state index contributed by atoms with van der Waals surface area (Å²) in [6.45, 7) is 1.86. The molecule has 0 unspecified atom stereocenters. The molecule has 138 valence electrons. The SMILES string of the molecule is Cc1nc(-c2cccs2)ccc1C(=O)Nc1ccc(Cc2ccncc2)cc1. The molecule has 0 radical (unpaired) electrons. The van der Waals surface area contributed by atoms with Gasteiger partial charge >= 0.3 is 0 Å². The van der Waals surface area contributed by atoms with Crippen molar-refractivity contribution < 1.29 is 4.79 Å². The van der Waals surface area contributed by atoms with Crippen LogP contribution in [0.5, 0.6) is 0 Å². The fourth-order valence-corrected chi connectivity index (χ4v) is 3.70. The Kier molecular flexibility index (Phi) is 5.26. The Hall–Kier alpha value is -3.31. The molecule has 0 atom stereocenters. The maximum atomic E-state index is 12.7. The highest BCUT2D eigenvalue weighted by Gasteiger charge is 2.12. The summed E-state index contributed by atoms with van der Waals surface area (Å²) < 4.78 is 0. The van der Waals surface area contributed by atoms with Crippen LogP contribution < -0.4 is 5.32 Å². The van der Waals surface area contributed by atoms with E-state index in [1.807, 2.05) is 73.0 Å². The number of thiophene rings is 1. The first kappa shape index (κ1) is 18.1. The van der Waals surface area contributed by atoms with Crippen molar-refractivity contribution in [3.8, 4) is 10.6 Å². The molecule has 0 fully saturated rings. The first-order valence-electron chi connectivity index (χ1n) is 9.00. The molecule has 1 N–H and O–H groups in total. The summed E-state index contributed by atoms with van der Waals surface area (Å²) in [5.74, 6) is -0.149. The van der Waals surface area contributed by atoms with E-state index in [-0.39, 0.29) is 5.91 Å². The molecular formula is C23H19N3OS. The molecule has 0 aliphatic rings. The second-order valence-corrected chi connectivity index (χ2v) is 7.44. The molecule has 4 aromatic rings. The lowest BCUT2D eigenvalue weighted by atomic mass is 10.1. The van der Waals surface area contributed by atoms with Crippen LogP contribution in [0, 0.1) is 6.92 Å². The number of benzene rings is 1. The van der Waals surface area contributed by atoms with Gasteiger partial charge in [-0.25, -0.2) is 0 Å². The summed E-state index contributed by atoms with van der Waals surface area (Å²) in [6.07, 6.45) is 4.43. The normalized spacial score (nSPS) is 10.6. The average Bonchev–Trinajstić information content (AvgIpc) is 3.25. The number of carbonyl (C=O) groups excluding carboxylic acids is 1. The van der Waals surface area contributed by atoms with Gasteiger partial charge in [0.05, 0.1) is 21.8 Å². The molecule has 0 bridgehead atoms. The van der Waals surface area contributed by atoms with Crippen LogP contribution in [0.2, 0.25) is 0 Å². The Morgan fingerprint density at radius 3 is 2.39 bits per heavy atom. The summed E-state index contributed by atoms with van der Waals surface area (Å²) in [4.78, 5) is 22.4. The van der Waals surface area contributed by atoms with E-state index in [1.165, 1.54) is 11.1 Å². The standard InChI is InChI=1S/C23H19N3OS/c1-16-20(8-9-21(25-16)22-3-2-14-28-22)23(27)26-19-6-4-17(5-7-19)15-18-10-12-24-13-11-18/h2-14H,15H2,1H3,(H,26,27). The third-order valence-corrected chi connectivity index (χ3v) is 5.37. The van der Waals surface area contributed by atoms with Gasteiger partial charge < -0.3 is 5.32 Å². The molecule has 4 rings (SSSR count). The smallest absolute Gasteiger partial charge is 0.257 e. The van der Waals surface area contributed by atoms with E-state index in [0.717, 1.165) is 28.4 Å². The number of hydrogen-bond acceptors (Lipinski definition) is 4. The van der Waals surface area contributed by atoms with E-state index < -0.39 is 0 Å². The Labute approximate surface area is 167 Å². The number of rotatable bonds is 5. The largest absolute Gasteiger partial charge is 0.322 e. The van der Waals surface area contributed by atoms with Crippen molar-refractivity contribution >= 4 is 22.9 Å². The Morgan fingerprint density at radius 1 is 0.964 bits per heavy atom. The third kappa shape index (κ3) is 4.15. The van der Waals surface area contributed by atoms with Crippen LogP contribution in [0.15, 0.2) is 78.4 Å². The summed E-state index contributed by atoms with van der Waals surface area (Å²) in [6, 6.07) is 19.7. The predicted octanol–water partition coefficient (Wildman–Crippen LogP) is 5.36. The number of nitrogens with zero attached hydrogens (tertiary/aromatic N) is 2. The molecule has 4 nitrogen and oxygen atoms in total. The number of aryl methyl sites for hydroxylation is 1. The second kappa shape index (κ2) is 8.15. The Bertz CT molecular complexity index is 1070. The van der Waals surface area contributed by atoms with Gasteiger partial charge in [0.1, 0.15) is 0 Å². The van der Waals surface area contributed by atoms with Crippen molar-refractivity contribution in [1.82, 2.24) is 9.97 Å². The van der Waals surface area contributed by atoms with E-state index in [9.17, 15) is 4.79 Å². The molecule has 5 heteroatoms. The van der Waals surface area contributed by atoms with Crippen LogP contribution in [-0.2, 0) is 6.42 Å². The maximum absolute atomic E-state index is 12.7. The number of carbonyl (C=O) groups is 1. The number of anilines is 1. The maximum Gasteiger partial charge on any atom is 0.257 e. The number of amides is 1. The van der Waals surface area contributed by atoms with Crippen LogP contribution >= 0.6 is 11.3 Å².